The number of benzene rings is 1. The standard InChI is InChI=1S/C23H23ClN2O4S2/c1-26-23-18(13-17(31-23)5-4-12-30-19-6-2-3-11-29-19)20(27)21(32-26)22(28)25-14-15-7-9-16(24)10-8-15/h7-10,13,19,21H,2-3,6,11-12,14H2,1H3,(H,25,28). The average molecular weight is 491 g/mol. The van der Waals surface area contributed by atoms with Gasteiger partial charge in [0.1, 0.15) is 11.6 Å². The summed E-state index contributed by atoms with van der Waals surface area (Å²) in [7, 11) is 1.85. The maximum atomic E-state index is 13.0. The summed E-state index contributed by atoms with van der Waals surface area (Å²) in [5.74, 6) is 5.55. The first-order chi connectivity index (χ1) is 15.5. The summed E-state index contributed by atoms with van der Waals surface area (Å²) < 4.78 is 13.0. The number of hydrogen-bond acceptors (Lipinski definition) is 7. The summed E-state index contributed by atoms with van der Waals surface area (Å²) in [6.07, 6.45) is 2.90. The molecule has 2 unspecified atom stereocenters. The smallest absolute Gasteiger partial charge is 0.243 e. The molecule has 0 bridgehead atoms. The molecule has 2 aromatic rings. The molecular formula is C23H23ClN2O4S2. The molecule has 6 nitrogen and oxygen atoms in total. The van der Waals surface area contributed by atoms with Crippen molar-refractivity contribution in [1.82, 2.24) is 5.32 Å². The number of ketones is 1. The van der Waals surface area contributed by atoms with Gasteiger partial charge in [-0.1, -0.05) is 35.6 Å². The van der Waals surface area contributed by atoms with Gasteiger partial charge < -0.3 is 19.1 Å². The molecule has 0 radical (unpaired) electrons. The van der Waals surface area contributed by atoms with Crippen molar-refractivity contribution in [2.75, 3.05) is 24.6 Å². The van der Waals surface area contributed by atoms with Crippen molar-refractivity contribution in [2.24, 2.45) is 0 Å². The molecule has 32 heavy (non-hydrogen) atoms. The highest BCUT2D eigenvalue weighted by Gasteiger charge is 2.38. The molecule has 2 aliphatic rings. The average Bonchev–Trinajstić information content (AvgIpc) is 3.24. The van der Waals surface area contributed by atoms with Crippen LogP contribution >= 0.6 is 34.9 Å². The lowest BCUT2D eigenvalue weighted by Crippen LogP contribution is -2.41. The number of Topliss-reactive ketones (excluding diaryl/α,β-unsaturated/α-hetero) is 1. The lowest BCUT2D eigenvalue weighted by molar-refractivity contribution is -0.154. The Labute approximate surface area is 200 Å². The van der Waals surface area contributed by atoms with Gasteiger partial charge in [-0.15, -0.1) is 11.3 Å². The number of fused-ring (bicyclic) bond motifs is 1. The van der Waals surface area contributed by atoms with E-state index in [9.17, 15) is 9.59 Å². The van der Waals surface area contributed by atoms with Crippen LogP contribution in [0.4, 0.5) is 5.00 Å². The Morgan fingerprint density at radius 2 is 2.16 bits per heavy atom. The van der Waals surface area contributed by atoms with Gasteiger partial charge in [-0.3, -0.25) is 9.59 Å². The quantitative estimate of drug-likeness (QED) is 0.383. The van der Waals surface area contributed by atoms with Crippen molar-refractivity contribution in [2.45, 2.75) is 37.3 Å². The third-order valence-electron chi connectivity index (χ3n) is 5.07. The third-order valence-corrected chi connectivity index (χ3v) is 7.71. The van der Waals surface area contributed by atoms with E-state index in [-0.39, 0.29) is 24.6 Å². The lowest BCUT2D eigenvalue weighted by Gasteiger charge is -2.27. The second-order valence-corrected chi connectivity index (χ2v) is 10.1. The largest absolute Gasteiger partial charge is 0.353 e. The van der Waals surface area contributed by atoms with E-state index in [2.05, 4.69) is 17.2 Å². The molecule has 1 aromatic heterocycles. The van der Waals surface area contributed by atoms with Gasteiger partial charge in [0, 0.05) is 25.2 Å². The van der Waals surface area contributed by atoms with Gasteiger partial charge in [0.05, 0.1) is 10.4 Å². The predicted molar refractivity (Wildman–Crippen MR) is 128 cm³/mol. The summed E-state index contributed by atoms with van der Waals surface area (Å²) in [6.45, 7) is 1.35. The summed E-state index contributed by atoms with van der Waals surface area (Å²) in [4.78, 5) is 26.5. The summed E-state index contributed by atoms with van der Waals surface area (Å²) in [5.41, 5.74) is 1.45. The van der Waals surface area contributed by atoms with Crippen molar-refractivity contribution < 1.29 is 19.1 Å². The van der Waals surface area contributed by atoms with E-state index in [0.717, 1.165) is 41.3 Å². The molecule has 2 aliphatic heterocycles. The van der Waals surface area contributed by atoms with Gasteiger partial charge in [0.15, 0.2) is 17.3 Å². The molecular weight excluding hydrogens is 468 g/mol. The van der Waals surface area contributed by atoms with Crippen LogP contribution < -0.4 is 9.62 Å². The van der Waals surface area contributed by atoms with Crippen LogP contribution in [0.3, 0.4) is 0 Å². The number of nitrogens with zero attached hydrogens (tertiary/aromatic N) is 1. The number of amides is 1. The molecule has 1 aromatic carbocycles. The van der Waals surface area contributed by atoms with Crippen LogP contribution in [0.25, 0.3) is 0 Å². The molecule has 9 heteroatoms. The Balaban J connectivity index is 1.36. The molecule has 1 amide bonds. The molecule has 1 fully saturated rings. The maximum Gasteiger partial charge on any atom is 0.243 e. The number of nitrogens with one attached hydrogen (secondary N) is 1. The zero-order valence-corrected chi connectivity index (χ0v) is 19.9. The number of ether oxygens (including phenoxy) is 2. The van der Waals surface area contributed by atoms with Crippen molar-refractivity contribution in [3.05, 3.63) is 51.4 Å². The fourth-order valence-corrected chi connectivity index (χ4v) is 5.59. The van der Waals surface area contributed by atoms with Gasteiger partial charge in [-0.25, -0.2) is 0 Å². The van der Waals surface area contributed by atoms with E-state index in [1.165, 1.54) is 23.3 Å². The summed E-state index contributed by atoms with van der Waals surface area (Å²) in [5, 5.41) is 3.46. The Morgan fingerprint density at radius 3 is 2.91 bits per heavy atom. The highest BCUT2D eigenvalue weighted by molar-refractivity contribution is 8.03. The van der Waals surface area contributed by atoms with Crippen LogP contribution in [-0.2, 0) is 20.8 Å². The number of hydrogen-bond donors (Lipinski definition) is 1. The van der Waals surface area contributed by atoms with E-state index >= 15 is 0 Å². The highest BCUT2D eigenvalue weighted by Crippen LogP contribution is 2.41. The fraction of sp³-hybridized carbons (Fsp3) is 0.391. The fourth-order valence-electron chi connectivity index (χ4n) is 3.40. The molecule has 4 rings (SSSR count). The number of carbonyl (C=O) groups excluding carboxylic acids is 2. The van der Waals surface area contributed by atoms with E-state index in [1.54, 1.807) is 18.2 Å². The molecule has 0 spiro atoms. The van der Waals surface area contributed by atoms with E-state index in [0.29, 0.717) is 17.1 Å². The molecule has 0 aliphatic carbocycles. The number of thiophene rings is 1. The monoisotopic (exact) mass is 490 g/mol. The van der Waals surface area contributed by atoms with Gasteiger partial charge in [-0.05, 0) is 55.0 Å². The minimum atomic E-state index is -0.831. The molecule has 1 N–H and O–H groups in total. The Morgan fingerprint density at radius 1 is 1.34 bits per heavy atom. The van der Waals surface area contributed by atoms with Crippen LogP contribution in [0.5, 0.6) is 0 Å². The van der Waals surface area contributed by atoms with Gasteiger partial charge in [0.25, 0.3) is 0 Å². The Kier molecular flexibility index (Phi) is 7.76. The van der Waals surface area contributed by atoms with Gasteiger partial charge in [-0.2, -0.15) is 0 Å². The van der Waals surface area contributed by atoms with E-state index in [1.807, 2.05) is 23.5 Å². The second kappa shape index (κ2) is 10.7. The van der Waals surface area contributed by atoms with Crippen LogP contribution in [0.1, 0.15) is 40.1 Å². The molecule has 2 atom stereocenters. The van der Waals surface area contributed by atoms with Crippen molar-refractivity contribution >= 4 is 51.6 Å². The summed E-state index contributed by atoms with van der Waals surface area (Å²) in [6, 6.07) is 8.99. The van der Waals surface area contributed by atoms with Crippen LogP contribution in [0.2, 0.25) is 5.02 Å². The van der Waals surface area contributed by atoms with Gasteiger partial charge >= 0.3 is 0 Å². The zero-order valence-electron chi connectivity index (χ0n) is 17.6. The summed E-state index contributed by atoms with van der Waals surface area (Å²) >= 11 is 8.55. The van der Waals surface area contributed by atoms with Gasteiger partial charge in [0.2, 0.25) is 5.91 Å². The SMILES string of the molecule is CN1SC(C(=O)NCc2ccc(Cl)cc2)C(=O)c2cc(C#CCOC3CCCCO3)sc21. The minimum absolute atomic E-state index is 0.175. The Hall–Kier alpha value is -2.02. The van der Waals surface area contributed by atoms with Crippen molar-refractivity contribution in [3.8, 4) is 11.8 Å². The number of halogens is 1. The first kappa shape index (κ1) is 23.1. The minimum Gasteiger partial charge on any atom is -0.353 e. The second-order valence-electron chi connectivity index (χ2n) is 7.43. The Bertz CT molecular complexity index is 1040. The molecule has 3 heterocycles. The molecule has 168 valence electrons. The first-order valence-electron chi connectivity index (χ1n) is 10.3. The van der Waals surface area contributed by atoms with E-state index < -0.39 is 5.25 Å². The normalized spacial score (nSPS) is 20.3. The molecule has 1 saturated heterocycles. The van der Waals surface area contributed by atoms with E-state index in [4.69, 9.17) is 21.1 Å². The lowest BCUT2D eigenvalue weighted by atomic mass is 10.1. The first-order valence-corrected chi connectivity index (χ1v) is 12.4. The van der Waals surface area contributed by atoms with Crippen LogP contribution in [0.15, 0.2) is 30.3 Å². The molecule has 0 saturated carbocycles. The highest BCUT2D eigenvalue weighted by atomic mass is 35.5. The van der Waals surface area contributed by atoms with Crippen LogP contribution in [0, 0.1) is 11.8 Å². The number of carbonyl (C=O) groups is 2. The predicted octanol–water partition coefficient (Wildman–Crippen LogP) is 4.26. The number of anilines is 1. The van der Waals surface area contributed by atoms with Crippen molar-refractivity contribution in [1.29, 1.82) is 0 Å². The number of rotatable bonds is 5. The van der Waals surface area contributed by atoms with Crippen molar-refractivity contribution in [3.63, 3.8) is 0 Å². The van der Waals surface area contributed by atoms with Crippen LogP contribution in [-0.4, -0.2) is 43.5 Å². The maximum absolute atomic E-state index is 13.0. The third kappa shape index (κ3) is 5.66. The topological polar surface area (TPSA) is 67.9 Å². The zero-order chi connectivity index (χ0) is 22.5.